The van der Waals surface area contributed by atoms with Crippen LogP contribution in [0.15, 0.2) is 28.7 Å². The summed E-state index contributed by atoms with van der Waals surface area (Å²) in [5.41, 5.74) is 1.07. The first-order chi connectivity index (χ1) is 8.99. The zero-order chi connectivity index (χ0) is 14.3. The number of carbonyl (C=O) groups is 2. The van der Waals surface area contributed by atoms with Gasteiger partial charge in [0.25, 0.3) is 0 Å². The molecule has 0 aliphatic heterocycles. The van der Waals surface area contributed by atoms with Gasteiger partial charge in [-0.1, -0.05) is 28.1 Å². The Labute approximate surface area is 121 Å². The second-order valence-corrected chi connectivity index (χ2v) is 5.40. The van der Waals surface area contributed by atoms with Crippen LogP contribution in [0.4, 0.5) is 0 Å². The fourth-order valence-electron chi connectivity index (χ4n) is 1.74. The maximum absolute atomic E-state index is 11.8. The first-order valence-electron chi connectivity index (χ1n) is 6.19. The molecule has 19 heavy (non-hydrogen) atoms. The molecule has 0 aromatic heterocycles. The van der Waals surface area contributed by atoms with E-state index < -0.39 is 5.97 Å². The van der Waals surface area contributed by atoms with Crippen LogP contribution in [0.5, 0.6) is 0 Å². The Bertz CT molecular complexity index is 448. The molecule has 1 N–H and O–H groups in total. The fraction of sp³-hybridized carbons (Fsp3) is 0.429. The number of carboxylic acids is 1. The number of amides is 1. The van der Waals surface area contributed by atoms with Gasteiger partial charge in [0.1, 0.15) is 0 Å². The van der Waals surface area contributed by atoms with Crippen molar-refractivity contribution < 1.29 is 14.7 Å². The van der Waals surface area contributed by atoms with Crippen LogP contribution in [0, 0.1) is 0 Å². The Morgan fingerprint density at radius 2 is 1.95 bits per heavy atom. The summed E-state index contributed by atoms with van der Waals surface area (Å²) in [6.45, 7) is 0.567. The van der Waals surface area contributed by atoms with Crippen molar-refractivity contribution in [2.75, 3.05) is 7.05 Å². The number of unbranched alkanes of at least 4 members (excludes halogenated alkanes) is 1. The molecule has 0 aliphatic carbocycles. The Kier molecular flexibility index (Phi) is 6.56. The lowest BCUT2D eigenvalue weighted by molar-refractivity contribution is -0.137. The molecular formula is C14H18BrNO3. The molecule has 0 fully saturated rings. The zero-order valence-electron chi connectivity index (χ0n) is 10.9. The summed E-state index contributed by atoms with van der Waals surface area (Å²) < 4.78 is 0.993. The lowest BCUT2D eigenvalue weighted by atomic mass is 10.1. The van der Waals surface area contributed by atoms with Gasteiger partial charge in [-0.3, -0.25) is 9.59 Å². The van der Waals surface area contributed by atoms with E-state index in [-0.39, 0.29) is 12.3 Å². The van der Waals surface area contributed by atoms with Crippen molar-refractivity contribution in [1.29, 1.82) is 0 Å². The number of benzene rings is 1. The predicted octanol–water partition coefficient (Wildman–Crippen LogP) is 3.05. The molecule has 1 rings (SSSR count). The van der Waals surface area contributed by atoms with Gasteiger partial charge in [0, 0.05) is 30.9 Å². The van der Waals surface area contributed by atoms with Crippen molar-refractivity contribution >= 4 is 27.8 Å². The van der Waals surface area contributed by atoms with E-state index in [2.05, 4.69) is 15.9 Å². The van der Waals surface area contributed by atoms with E-state index in [1.165, 1.54) is 0 Å². The molecule has 0 radical (unpaired) electrons. The van der Waals surface area contributed by atoms with Crippen molar-refractivity contribution in [2.24, 2.45) is 0 Å². The second-order valence-electron chi connectivity index (χ2n) is 4.48. The standard InChI is InChI=1S/C14H18BrNO3/c1-16(10-11-5-4-6-12(15)9-11)13(17)7-2-3-8-14(18)19/h4-6,9H,2-3,7-8,10H2,1H3,(H,18,19). The molecule has 0 spiro atoms. The molecule has 0 heterocycles. The third-order valence-electron chi connectivity index (χ3n) is 2.77. The molecule has 0 bridgehead atoms. The third kappa shape index (κ3) is 6.38. The zero-order valence-corrected chi connectivity index (χ0v) is 12.5. The van der Waals surface area contributed by atoms with Crippen LogP contribution >= 0.6 is 15.9 Å². The number of carbonyl (C=O) groups excluding carboxylic acids is 1. The molecule has 104 valence electrons. The van der Waals surface area contributed by atoms with Crippen LogP contribution in [0.3, 0.4) is 0 Å². The first-order valence-corrected chi connectivity index (χ1v) is 6.98. The van der Waals surface area contributed by atoms with Gasteiger partial charge in [-0.2, -0.15) is 0 Å². The minimum atomic E-state index is -0.810. The van der Waals surface area contributed by atoms with Crippen molar-refractivity contribution in [1.82, 2.24) is 4.90 Å². The number of hydrogen-bond acceptors (Lipinski definition) is 2. The lowest BCUT2D eigenvalue weighted by Gasteiger charge is -2.17. The molecule has 1 aromatic carbocycles. The van der Waals surface area contributed by atoms with Crippen LogP contribution in [0.1, 0.15) is 31.2 Å². The normalized spacial score (nSPS) is 10.2. The number of hydrogen-bond donors (Lipinski definition) is 1. The summed E-state index contributed by atoms with van der Waals surface area (Å²) in [6.07, 6.45) is 1.69. The molecule has 5 heteroatoms. The quantitative estimate of drug-likeness (QED) is 0.783. The lowest BCUT2D eigenvalue weighted by Crippen LogP contribution is -2.25. The van der Waals surface area contributed by atoms with Crippen LogP contribution in [-0.2, 0) is 16.1 Å². The molecule has 0 atom stereocenters. The van der Waals surface area contributed by atoms with Crippen LogP contribution in [-0.4, -0.2) is 28.9 Å². The van der Waals surface area contributed by atoms with Gasteiger partial charge in [0.2, 0.25) is 5.91 Å². The smallest absolute Gasteiger partial charge is 0.303 e. The molecule has 0 unspecified atom stereocenters. The largest absolute Gasteiger partial charge is 0.481 e. The van der Waals surface area contributed by atoms with Gasteiger partial charge < -0.3 is 10.0 Å². The van der Waals surface area contributed by atoms with Gasteiger partial charge in [0.15, 0.2) is 0 Å². The minimum Gasteiger partial charge on any atom is -0.481 e. The summed E-state index contributed by atoms with van der Waals surface area (Å²) in [5, 5.41) is 8.51. The summed E-state index contributed by atoms with van der Waals surface area (Å²) in [5.74, 6) is -0.764. The highest BCUT2D eigenvalue weighted by Crippen LogP contribution is 2.13. The van der Waals surface area contributed by atoms with Crippen LogP contribution in [0.25, 0.3) is 0 Å². The molecule has 0 saturated carbocycles. The summed E-state index contributed by atoms with van der Waals surface area (Å²) in [6, 6.07) is 7.83. The maximum Gasteiger partial charge on any atom is 0.303 e. The van der Waals surface area contributed by atoms with E-state index in [0.717, 1.165) is 10.0 Å². The van der Waals surface area contributed by atoms with Gasteiger partial charge in [0.05, 0.1) is 0 Å². The summed E-state index contributed by atoms with van der Waals surface area (Å²) in [4.78, 5) is 23.9. The van der Waals surface area contributed by atoms with E-state index in [0.29, 0.717) is 25.8 Å². The fourth-order valence-corrected chi connectivity index (χ4v) is 2.19. The second kappa shape index (κ2) is 7.94. The molecule has 1 aromatic rings. The SMILES string of the molecule is CN(Cc1cccc(Br)c1)C(=O)CCCCC(=O)O. The molecule has 0 aliphatic rings. The highest BCUT2D eigenvalue weighted by molar-refractivity contribution is 9.10. The predicted molar refractivity (Wildman–Crippen MR) is 76.7 cm³/mol. The van der Waals surface area contributed by atoms with Crippen molar-refractivity contribution in [3.63, 3.8) is 0 Å². The average molecular weight is 328 g/mol. The Hall–Kier alpha value is -1.36. The van der Waals surface area contributed by atoms with Gasteiger partial charge in [-0.05, 0) is 30.5 Å². The third-order valence-corrected chi connectivity index (χ3v) is 3.26. The number of nitrogens with zero attached hydrogens (tertiary/aromatic N) is 1. The topological polar surface area (TPSA) is 57.6 Å². The van der Waals surface area contributed by atoms with Crippen LogP contribution in [0.2, 0.25) is 0 Å². The monoisotopic (exact) mass is 327 g/mol. The van der Waals surface area contributed by atoms with Crippen molar-refractivity contribution in [3.05, 3.63) is 34.3 Å². The molecule has 1 amide bonds. The maximum atomic E-state index is 11.8. The minimum absolute atomic E-state index is 0.0466. The van der Waals surface area contributed by atoms with E-state index in [4.69, 9.17) is 5.11 Å². The van der Waals surface area contributed by atoms with Crippen molar-refractivity contribution in [3.8, 4) is 0 Å². The van der Waals surface area contributed by atoms with Gasteiger partial charge in [-0.15, -0.1) is 0 Å². The molecule has 4 nitrogen and oxygen atoms in total. The van der Waals surface area contributed by atoms with E-state index in [1.807, 2.05) is 24.3 Å². The number of carboxylic acid groups (broad SMARTS) is 1. The molecular weight excluding hydrogens is 310 g/mol. The number of rotatable bonds is 7. The van der Waals surface area contributed by atoms with Crippen LogP contribution < -0.4 is 0 Å². The van der Waals surface area contributed by atoms with Gasteiger partial charge in [-0.25, -0.2) is 0 Å². The Balaban J connectivity index is 2.34. The van der Waals surface area contributed by atoms with Gasteiger partial charge >= 0.3 is 5.97 Å². The Morgan fingerprint density at radius 3 is 2.58 bits per heavy atom. The number of aliphatic carboxylic acids is 1. The first kappa shape index (κ1) is 15.7. The highest BCUT2D eigenvalue weighted by atomic mass is 79.9. The summed E-state index contributed by atoms with van der Waals surface area (Å²) >= 11 is 3.39. The number of halogens is 1. The molecule has 0 saturated heterocycles. The average Bonchev–Trinajstić information content (AvgIpc) is 2.34. The summed E-state index contributed by atoms with van der Waals surface area (Å²) in [7, 11) is 1.76. The van der Waals surface area contributed by atoms with E-state index in [1.54, 1.807) is 11.9 Å². The van der Waals surface area contributed by atoms with Crippen molar-refractivity contribution in [2.45, 2.75) is 32.2 Å². The van der Waals surface area contributed by atoms with E-state index >= 15 is 0 Å². The Morgan fingerprint density at radius 1 is 1.26 bits per heavy atom. The highest BCUT2D eigenvalue weighted by Gasteiger charge is 2.09. The van der Waals surface area contributed by atoms with E-state index in [9.17, 15) is 9.59 Å².